The van der Waals surface area contributed by atoms with E-state index in [9.17, 15) is 8.42 Å². The molecule has 0 saturated heterocycles. The third-order valence-electron chi connectivity index (χ3n) is 6.68. The number of hydrogen-bond donors (Lipinski definition) is 0. The van der Waals surface area contributed by atoms with Gasteiger partial charge in [-0.2, -0.15) is 8.42 Å². The fourth-order valence-electron chi connectivity index (χ4n) is 5.20. The van der Waals surface area contributed by atoms with Gasteiger partial charge < -0.3 is 0 Å². The van der Waals surface area contributed by atoms with Crippen LogP contribution in [0.5, 0.6) is 0 Å². The molecule has 4 aromatic rings. The van der Waals surface area contributed by atoms with Crippen molar-refractivity contribution in [3.05, 3.63) is 112 Å². The third kappa shape index (κ3) is 3.55. The molecule has 0 bridgehead atoms. The van der Waals surface area contributed by atoms with Crippen molar-refractivity contribution in [3.8, 4) is 22.3 Å². The van der Waals surface area contributed by atoms with Gasteiger partial charge in [-0.05, 0) is 56.0 Å². The van der Waals surface area contributed by atoms with E-state index < -0.39 is 10.1 Å². The molecular formula is C31H25ClO3S. The average molecular weight is 513 g/mol. The number of halogens is 1. The van der Waals surface area contributed by atoms with E-state index in [1.54, 1.807) is 6.07 Å². The highest BCUT2D eigenvalue weighted by molar-refractivity contribution is 7.87. The van der Waals surface area contributed by atoms with Crippen LogP contribution in [0.3, 0.4) is 0 Å². The van der Waals surface area contributed by atoms with Crippen LogP contribution >= 0.6 is 11.6 Å². The highest BCUT2D eigenvalue weighted by Crippen LogP contribution is 2.56. The Morgan fingerprint density at radius 3 is 1.58 bits per heavy atom. The summed E-state index contributed by atoms with van der Waals surface area (Å²) in [5, 5.41) is 0.160. The van der Waals surface area contributed by atoms with E-state index in [0.29, 0.717) is 5.56 Å². The zero-order chi connectivity index (χ0) is 25.2. The summed E-state index contributed by atoms with van der Waals surface area (Å²) in [6, 6.07) is 28.2. The first-order valence-electron chi connectivity index (χ1n) is 11.9. The van der Waals surface area contributed by atoms with Crippen molar-refractivity contribution >= 4 is 32.9 Å². The Hall–Kier alpha value is -3.18. The Bertz CT molecular complexity index is 1640. The maximum absolute atomic E-state index is 13.7. The molecule has 2 aliphatic carbocycles. The molecule has 0 heterocycles. The lowest BCUT2D eigenvalue weighted by molar-refractivity contribution is 0.203. The number of fused-ring (bicyclic) bond motifs is 6. The Morgan fingerprint density at radius 1 is 0.639 bits per heavy atom. The molecule has 180 valence electrons. The van der Waals surface area contributed by atoms with E-state index in [1.165, 1.54) is 0 Å². The molecule has 0 N–H and O–H groups in total. The first-order valence-corrected chi connectivity index (χ1v) is 13.7. The van der Waals surface area contributed by atoms with Crippen LogP contribution in [-0.4, -0.2) is 15.0 Å². The van der Waals surface area contributed by atoms with Gasteiger partial charge in [0.1, 0.15) is 4.90 Å². The molecule has 0 atom stereocenters. The lowest BCUT2D eigenvalue weighted by atomic mass is 9.91. The summed E-state index contributed by atoms with van der Waals surface area (Å²) in [7, 11) is -4.15. The maximum Gasteiger partial charge on any atom is 0.299 e. The quantitative estimate of drug-likeness (QED) is 0.225. The minimum Gasteiger partial charge on any atom is -0.266 e. The molecule has 0 amide bonds. The van der Waals surface area contributed by atoms with Gasteiger partial charge >= 0.3 is 0 Å². The van der Waals surface area contributed by atoms with Gasteiger partial charge in [0, 0.05) is 11.1 Å². The van der Waals surface area contributed by atoms with Crippen molar-refractivity contribution in [1.82, 2.24) is 0 Å². The van der Waals surface area contributed by atoms with Gasteiger partial charge in [0.25, 0.3) is 10.1 Å². The van der Waals surface area contributed by atoms with E-state index in [1.807, 2.05) is 69.3 Å². The molecule has 0 saturated carbocycles. The van der Waals surface area contributed by atoms with Gasteiger partial charge in [-0.1, -0.05) is 111 Å². The average Bonchev–Trinajstić information content (AvgIpc) is 3.34. The second-order valence-corrected chi connectivity index (χ2v) is 12.4. The highest BCUT2D eigenvalue weighted by Gasteiger charge is 2.38. The Balaban J connectivity index is 1.73. The molecule has 3 nitrogen and oxygen atoms in total. The Morgan fingerprint density at radius 2 is 1.08 bits per heavy atom. The van der Waals surface area contributed by atoms with Crippen molar-refractivity contribution in [1.29, 1.82) is 0 Å². The predicted octanol–water partition coefficient (Wildman–Crippen LogP) is 8.06. The van der Waals surface area contributed by atoms with E-state index in [2.05, 4.69) is 30.3 Å². The third-order valence-corrected chi connectivity index (χ3v) is 8.46. The van der Waals surface area contributed by atoms with Crippen LogP contribution in [0.4, 0.5) is 0 Å². The van der Waals surface area contributed by atoms with Crippen molar-refractivity contribution in [2.24, 2.45) is 5.41 Å². The van der Waals surface area contributed by atoms with Crippen LogP contribution in [0.15, 0.2) is 89.8 Å². The van der Waals surface area contributed by atoms with Crippen LogP contribution in [0, 0.1) is 5.41 Å². The molecule has 0 unspecified atom stereocenters. The summed E-state index contributed by atoms with van der Waals surface area (Å²) < 4.78 is 33.1. The van der Waals surface area contributed by atoms with Gasteiger partial charge in [-0.3, -0.25) is 4.18 Å². The molecule has 0 fully saturated rings. The highest BCUT2D eigenvalue weighted by atomic mass is 35.5. The maximum atomic E-state index is 13.7. The van der Waals surface area contributed by atoms with Gasteiger partial charge in [0.05, 0.1) is 11.6 Å². The topological polar surface area (TPSA) is 43.4 Å². The summed E-state index contributed by atoms with van der Waals surface area (Å²) in [6.45, 7) is 5.87. The smallest absolute Gasteiger partial charge is 0.266 e. The SMILES string of the molecule is CC(C)(C)COS(=O)(=O)c1c(Cl)ccc2c1C(=C1c3ccccc3-c3ccccc31)c1ccccc1-2. The van der Waals surface area contributed by atoms with Crippen LogP contribution in [0.25, 0.3) is 33.4 Å². The lowest BCUT2D eigenvalue weighted by Gasteiger charge is -2.20. The van der Waals surface area contributed by atoms with Gasteiger partial charge in [-0.15, -0.1) is 0 Å². The molecule has 4 aromatic carbocycles. The number of hydrogen-bond acceptors (Lipinski definition) is 3. The summed E-state index contributed by atoms with van der Waals surface area (Å²) in [5.41, 5.74) is 9.42. The lowest BCUT2D eigenvalue weighted by Crippen LogP contribution is -2.19. The molecular weight excluding hydrogens is 488 g/mol. The summed E-state index contributed by atoms with van der Waals surface area (Å²) in [5.74, 6) is 0. The zero-order valence-corrected chi connectivity index (χ0v) is 21.9. The molecule has 0 radical (unpaired) electrons. The fraction of sp³-hybridized carbons (Fsp3) is 0.161. The van der Waals surface area contributed by atoms with E-state index in [0.717, 1.165) is 50.1 Å². The van der Waals surface area contributed by atoms with Crippen molar-refractivity contribution in [3.63, 3.8) is 0 Å². The van der Waals surface area contributed by atoms with E-state index in [-0.39, 0.29) is 21.9 Å². The van der Waals surface area contributed by atoms with Crippen LogP contribution < -0.4 is 0 Å². The summed E-state index contributed by atoms with van der Waals surface area (Å²) in [4.78, 5) is 0.0338. The number of rotatable bonds is 3. The van der Waals surface area contributed by atoms with Gasteiger partial charge in [-0.25, -0.2) is 0 Å². The monoisotopic (exact) mass is 512 g/mol. The van der Waals surface area contributed by atoms with Crippen LogP contribution in [0.1, 0.15) is 43.0 Å². The largest absolute Gasteiger partial charge is 0.299 e. The normalized spacial score (nSPS) is 13.9. The van der Waals surface area contributed by atoms with Crippen LogP contribution in [0.2, 0.25) is 5.02 Å². The molecule has 2 aliphatic rings. The van der Waals surface area contributed by atoms with Crippen molar-refractivity contribution in [2.45, 2.75) is 25.7 Å². The minimum absolute atomic E-state index is 0.0338. The molecule has 6 rings (SSSR count). The Kier molecular flexibility index (Phi) is 5.27. The van der Waals surface area contributed by atoms with Gasteiger partial charge in [0.15, 0.2) is 0 Å². The zero-order valence-electron chi connectivity index (χ0n) is 20.3. The standard InChI is InChI=1S/C31H25ClO3S/c1-31(2,3)18-35-36(33,34)30-26(32)17-16-25-21-12-6-9-15-24(21)28(29(25)30)27-22-13-7-4-10-19(22)20-11-5-8-14-23(20)27/h4-17H,18H2,1-3H3. The number of benzene rings is 4. The summed E-state index contributed by atoms with van der Waals surface area (Å²) in [6.07, 6.45) is 0. The predicted molar refractivity (Wildman–Crippen MR) is 146 cm³/mol. The second-order valence-electron chi connectivity index (χ2n) is 10.5. The molecule has 0 aromatic heterocycles. The van der Waals surface area contributed by atoms with Crippen LogP contribution in [-0.2, 0) is 14.3 Å². The molecule has 0 spiro atoms. The summed E-state index contributed by atoms with van der Waals surface area (Å²) >= 11 is 6.68. The Labute approximate surface area is 217 Å². The van der Waals surface area contributed by atoms with Gasteiger partial charge in [0.2, 0.25) is 0 Å². The molecule has 5 heteroatoms. The minimum atomic E-state index is -4.15. The fourth-order valence-corrected chi connectivity index (χ4v) is 7.04. The second kappa shape index (κ2) is 8.17. The van der Waals surface area contributed by atoms with E-state index >= 15 is 0 Å². The van der Waals surface area contributed by atoms with Crippen molar-refractivity contribution < 1.29 is 12.6 Å². The first kappa shape index (κ1) is 23.2. The first-order chi connectivity index (χ1) is 17.2. The molecule has 0 aliphatic heterocycles. The molecule has 36 heavy (non-hydrogen) atoms. The van der Waals surface area contributed by atoms with E-state index in [4.69, 9.17) is 15.8 Å². The van der Waals surface area contributed by atoms with Crippen molar-refractivity contribution in [2.75, 3.05) is 6.61 Å².